The number of likely N-dealkylation sites (N-methyl/N-ethyl adjacent to an activating group) is 1. The molecule has 7 nitrogen and oxygen atoms in total. The van der Waals surface area contributed by atoms with E-state index in [1.165, 1.54) is 0 Å². The molecule has 3 amide bonds. The fourth-order valence-electron chi connectivity index (χ4n) is 4.64. The molecule has 0 spiro atoms. The fourth-order valence-corrected chi connectivity index (χ4v) is 4.76. The summed E-state index contributed by atoms with van der Waals surface area (Å²) in [6, 6.07) is 15.1. The Balaban J connectivity index is 1.30. The summed E-state index contributed by atoms with van der Waals surface area (Å²) in [4.78, 5) is 30.2. The van der Waals surface area contributed by atoms with Crippen LogP contribution in [0.1, 0.15) is 31.7 Å². The van der Waals surface area contributed by atoms with Gasteiger partial charge < -0.3 is 25.1 Å². The van der Waals surface area contributed by atoms with E-state index in [4.69, 9.17) is 11.6 Å². The minimum atomic E-state index is -0.937. The van der Waals surface area contributed by atoms with Gasteiger partial charge >= 0.3 is 6.03 Å². The summed E-state index contributed by atoms with van der Waals surface area (Å²) in [5.74, 6) is 0.0872. The highest BCUT2D eigenvalue weighted by molar-refractivity contribution is 6.30. The number of hydrogen-bond donors (Lipinski definition) is 2. The minimum absolute atomic E-state index is 0.0872. The largest absolute Gasteiger partial charge is 0.385 e. The predicted molar refractivity (Wildman–Crippen MR) is 131 cm³/mol. The third kappa shape index (κ3) is 5.25. The Labute approximate surface area is 199 Å². The summed E-state index contributed by atoms with van der Waals surface area (Å²) in [6.45, 7) is 4.26. The Morgan fingerprint density at radius 2 is 1.70 bits per heavy atom. The number of piperidine rings is 1. The summed E-state index contributed by atoms with van der Waals surface area (Å²) >= 11 is 5.95. The van der Waals surface area contributed by atoms with E-state index in [-0.39, 0.29) is 18.0 Å². The first-order valence-electron chi connectivity index (χ1n) is 11.4. The second-order valence-corrected chi connectivity index (χ2v) is 9.46. The van der Waals surface area contributed by atoms with Crippen molar-refractivity contribution in [1.82, 2.24) is 9.80 Å². The number of likely N-dealkylation sites (tertiary alicyclic amines) is 1. The number of nitrogens with one attached hydrogen (secondary N) is 1. The molecule has 1 atom stereocenters. The first kappa shape index (κ1) is 23.4. The Morgan fingerprint density at radius 1 is 1.06 bits per heavy atom. The van der Waals surface area contributed by atoms with Gasteiger partial charge in [-0.2, -0.15) is 0 Å². The van der Waals surface area contributed by atoms with Crippen LogP contribution in [0.4, 0.5) is 16.2 Å². The van der Waals surface area contributed by atoms with Gasteiger partial charge in [-0.05, 0) is 61.2 Å². The Bertz CT molecular complexity index is 988. The fraction of sp³-hybridized carbons (Fsp3) is 0.440. The van der Waals surface area contributed by atoms with Gasteiger partial charge in [0, 0.05) is 56.5 Å². The van der Waals surface area contributed by atoms with Gasteiger partial charge in [0.05, 0.1) is 11.6 Å². The van der Waals surface area contributed by atoms with E-state index >= 15 is 0 Å². The number of carbonyl (C=O) groups excluding carboxylic acids is 2. The molecule has 2 fully saturated rings. The average molecular weight is 471 g/mol. The normalized spacial score (nSPS) is 19.9. The summed E-state index contributed by atoms with van der Waals surface area (Å²) < 4.78 is 0. The zero-order valence-corrected chi connectivity index (χ0v) is 19.9. The molecule has 2 N–H and O–H groups in total. The predicted octanol–water partition coefficient (Wildman–Crippen LogP) is 3.91. The van der Waals surface area contributed by atoms with Crippen LogP contribution >= 0.6 is 11.6 Å². The summed E-state index contributed by atoms with van der Waals surface area (Å²) in [6.07, 6.45) is 1.91. The van der Waals surface area contributed by atoms with Crippen LogP contribution in [-0.2, 0) is 10.4 Å². The van der Waals surface area contributed by atoms with Gasteiger partial charge in [-0.15, -0.1) is 0 Å². The molecule has 2 aromatic rings. The van der Waals surface area contributed by atoms with Gasteiger partial charge in [-0.3, -0.25) is 4.79 Å². The van der Waals surface area contributed by atoms with Gasteiger partial charge in [0.1, 0.15) is 0 Å². The van der Waals surface area contributed by atoms with Crippen molar-refractivity contribution < 1.29 is 14.7 Å². The Hall–Kier alpha value is -2.77. The van der Waals surface area contributed by atoms with Gasteiger partial charge in [-0.25, -0.2) is 4.79 Å². The summed E-state index contributed by atoms with van der Waals surface area (Å²) in [5, 5.41) is 14.6. The highest BCUT2D eigenvalue weighted by Gasteiger charge is 2.35. The van der Waals surface area contributed by atoms with Gasteiger partial charge in [0.15, 0.2) is 0 Å². The lowest BCUT2D eigenvalue weighted by Crippen LogP contribution is -2.46. The first-order valence-corrected chi connectivity index (χ1v) is 11.8. The number of nitrogens with zero attached hydrogens (tertiary/aromatic N) is 3. The number of anilines is 2. The number of rotatable bonds is 4. The highest BCUT2D eigenvalue weighted by atomic mass is 35.5. The molecule has 8 heteroatoms. The number of amides is 3. The van der Waals surface area contributed by atoms with Crippen molar-refractivity contribution in [2.45, 2.75) is 37.8 Å². The lowest BCUT2D eigenvalue weighted by molar-refractivity contribution is -0.129. The Morgan fingerprint density at radius 3 is 2.30 bits per heavy atom. The van der Waals surface area contributed by atoms with Crippen molar-refractivity contribution in [2.24, 2.45) is 0 Å². The molecular formula is C25H31ClN4O3. The van der Waals surface area contributed by atoms with Crippen molar-refractivity contribution in [3.8, 4) is 0 Å². The van der Waals surface area contributed by atoms with E-state index in [0.29, 0.717) is 31.0 Å². The summed E-state index contributed by atoms with van der Waals surface area (Å²) in [7, 11) is 1.85. The molecule has 176 valence electrons. The average Bonchev–Trinajstić information content (AvgIpc) is 3.30. The molecule has 0 radical (unpaired) electrons. The standard InChI is InChI=1S/C25H31ClN4O3/c1-18(31)28(2)23-11-14-30(17-23)22-9-7-21(8-10-22)27-24(32)29-15-12-25(33,13-16-29)19-3-5-20(26)6-4-19/h3-10,23,33H,11-17H2,1-2H3,(H,27,32). The maximum Gasteiger partial charge on any atom is 0.321 e. The van der Waals surface area contributed by atoms with Gasteiger partial charge in [0.25, 0.3) is 0 Å². The zero-order chi connectivity index (χ0) is 23.6. The first-order chi connectivity index (χ1) is 15.7. The number of urea groups is 1. The number of carbonyl (C=O) groups is 2. The van der Waals surface area contributed by atoms with Crippen LogP contribution in [-0.4, -0.2) is 66.1 Å². The molecule has 2 aliphatic rings. The van der Waals surface area contributed by atoms with Crippen LogP contribution < -0.4 is 10.2 Å². The zero-order valence-electron chi connectivity index (χ0n) is 19.1. The molecular weight excluding hydrogens is 440 g/mol. The Kier molecular flexibility index (Phi) is 6.81. The maximum absolute atomic E-state index is 12.8. The highest BCUT2D eigenvalue weighted by Crippen LogP contribution is 2.33. The quantitative estimate of drug-likeness (QED) is 0.710. The van der Waals surface area contributed by atoms with Crippen LogP contribution in [0, 0.1) is 0 Å². The van der Waals surface area contributed by atoms with Crippen LogP contribution in [0.15, 0.2) is 48.5 Å². The van der Waals surface area contributed by atoms with Crippen molar-refractivity contribution >= 4 is 34.9 Å². The molecule has 0 bridgehead atoms. The van der Waals surface area contributed by atoms with Crippen molar-refractivity contribution in [3.63, 3.8) is 0 Å². The van der Waals surface area contributed by atoms with Crippen molar-refractivity contribution in [3.05, 3.63) is 59.1 Å². The van der Waals surface area contributed by atoms with E-state index in [9.17, 15) is 14.7 Å². The number of aliphatic hydroxyl groups is 1. The van der Waals surface area contributed by atoms with E-state index in [0.717, 1.165) is 36.4 Å². The molecule has 2 heterocycles. The molecule has 33 heavy (non-hydrogen) atoms. The molecule has 0 saturated carbocycles. The molecule has 2 aromatic carbocycles. The topological polar surface area (TPSA) is 76.1 Å². The molecule has 0 aromatic heterocycles. The van der Waals surface area contributed by atoms with Gasteiger partial charge in [0.2, 0.25) is 5.91 Å². The van der Waals surface area contributed by atoms with E-state index in [1.807, 2.05) is 43.4 Å². The number of hydrogen-bond acceptors (Lipinski definition) is 4. The summed E-state index contributed by atoms with van der Waals surface area (Å²) in [5.41, 5.74) is 1.71. The smallest absolute Gasteiger partial charge is 0.321 e. The molecule has 1 unspecified atom stereocenters. The SMILES string of the molecule is CC(=O)N(C)C1CCN(c2ccc(NC(=O)N3CCC(O)(c4ccc(Cl)cc4)CC3)cc2)C1. The van der Waals surface area contributed by atoms with Crippen LogP contribution in [0.25, 0.3) is 0 Å². The van der Waals surface area contributed by atoms with Crippen LogP contribution in [0.5, 0.6) is 0 Å². The number of benzene rings is 2. The van der Waals surface area contributed by atoms with Crippen LogP contribution in [0.2, 0.25) is 5.02 Å². The molecule has 2 aliphatic heterocycles. The van der Waals surface area contributed by atoms with Gasteiger partial charge in [-0.1, -0.05) is 23.7 Å². The van der Waals surface area contributed by atoms with E-state index < -0.39 is 5.60 Å². The van der Waals surface area contributed by atoms with E-state index in [1.54, 1.807) is 28.9 Å². The molecule has 4 rings (SSSR count). The monoisotopic (exact) mass is 470 g/mol. The van der Waals surface area contributed by atoms with Crippen molar-refractivity contribution in [1.29, 1.82) is 0 Å². The van der Waals surface area contributed by atoms with Crippen molar-refractivity contribution in [2.75, 3.05) is 43.4 Å². The minimum Gasteiger partial charge on any atom is -0.385 e. The van der Waals surface area contributed by atoms with Crippen LogP contribution in [0.3, 0.4) is 0 Å². The van der Waals surface area contributed by atoms with E-state index in [2.05, 4.69) is 10.2 Å². The lowest BCUT2D eigenvalue weighted by atomic mass is 9.84. The lowest BCUT2D eigenvalue weighted by Gasteiger charge is -2.38. The second-order valence-electron chi connectivity index (χ2n) is 9.02. The number of halogens is 1. The third-order valence-electron chi connectivity index (χ3n) is 6.95. The molecule has 2 saturated heterocycles. The third-order valence-corrected chi connectivity index (χ3v) is 7.20. The second kappa shape index (κ2) is 9.61. The molecule has 0 aliphatic carbocycles. The maximum atomic E-state index is 12.8.